The summed E-state index contributed by atoms with van der Waals surface area (Å²) in [7, 11) is -3.72. The van der Waals surface area contributed by atoms with E-state index in [0.717, 1.165) is 5.01 Å². The number of halogens is 1. The number of sulfonamides is 1. The minimum Gasteiger partial charge on any atom is -0.452 e. The molecule has 8 nitrogen and oxygen atoms in total. The molecule has 1 unspecified atom stereocenters. The van der Waals surface area contributed by atoms with Gasteiger partial charge >= 0.3 is 5.97 Å². The van der Waals surface area contributed by atoms with Crippen molar-refractivity contribution in [3.63, 3.8) is 0 Å². The molecular weight excluding hydrogens is 450 g/mol. The van der Waals surface area contributed by atoms with E-state index in [2.05, 4.69) is 10.3 Å². The molecule has 1 aromatic carbocycles. The van der Waals surface area contributed by atoms with Crippen molar-refractivity contribution in [2.24, 2.45) is 0 Å². The first kappa shape index (κ1) is 24.3. The molecule has 0 fully saturated rings. The molecule has 1 atom stereocenters. The van der Waals surface area contributed by atoms with Gasteiger partial charge in [-0.05, 0) is 32.0 Å². The molecule has 2 rings (SSSR count). The largest absolute Gasteiger partial charge is 0.452 e. The summed E-state index contributed by atoms with van der Waals surface area (Å²) in [5, 5.41) is 5.28. The highest BCUT2D eigenvalue weighted by atomic mass is 35.5. The van der Waals surface area contributed by atoms with Gasteiger partial charge in [0.1, 0.15) is 0 Å². The van der Waals surface area contributed by atoms with Crippen LogP contribution in [0.1, 0.15) is 31.5 Å². The summed E-state index contributed by atoms with van der Waals surface area (Å²) in [6.07, 6.45) is -1.14. The van der Waals surface area contributed by atoms with Crippen molar-refractivity contribution < 1.29 is 22.7 Å². The van der Waals surface area contributed by atoms with E-state index in [4.69, 9.17) is 16.3 Å². The van der Waals surface area contributed by atoms with E-state index in [1.54, 1.807) is 19.2 Å². The second-order valence-electron chi connectivity index (χ2n) is 6.39. The molecule has 2 aromatic rings. The standard InChI is InChI=1S/C19H24ClN3O5S2/c1-5-23(6-2)30(26,27)15-7-8-16(20)17(10-15)22-19(25)12(3)28-18(24)9-14-11-29-13(4)21-14/h7-8,10-12H,5-6,9H2,1-4H3,(H,22,25). The lowest BCUT2D eigenvalue weighted by Gasteiger charge is -2.19. The van der Waals surface area contributed by atoms with Crippen molar-refractivity contribution >= 4 is 50.5 Å². The highest BCUT2D eigenvalue weighted by molar-refractivity contribution is 7.89. The Kier molecular flexibility index (Phi) is 8.36. The molecule has 1 aromatic heterocycles. The van der Waals surface area contributed by atoms with Gasteiger partial charge in [-0.25, -0.2) is 13.4 Å². The van der Waals surface area contributed by atoms with Gasteiger partial charge < -0.3 is 10.1 Å². The Morgan fingerprint density at radius 2 is 1.97 bits per heavy atom. The van der Waals surface area contributed by atoms with Crippen molar-refractivity contribution in [2.75, 3.05) is 18.4 Å². The molecule has 0 saturated heterocycles. The first-order valence-corrected chi connectivity index (χ1v) is 12.0. The lowest BCUT2D eigenvalue weighted by Crippen LogP contribution is -2.31. The number of rotatable bonds is 9. The molecule has 30 heavy (non-hydrogen) atoms. The number of thiazole rings is 1. The van der Waals surface area contributed by atoms with Crippen molar-refractivity contribution in [3.8, 4) is 0 Å². The minimum atomic E-state index is -3.72. The van der Waals surface area contributed by atoms with Crippen LogP contribution in [0.2, 0.25) is 5.02 Å². The fourth-order valence-corrected chi connectivity index (χ4v) is 4.90. The molecule has 0 bridgehead atoms. The molecule has 0 radical (unpaired) electrons. The van der Waals surface area contributed by atoms with Gasteiger partial charge in [-0.1, -0.05) is 25.4 Å². The second kappa shape index (κ2) is 10.3. The normalized spacial score (nSPS) is 12.6. The van der Waals surface area contributed by atoms with Crippen LogP contribution in [-0.4, -0.2) is 48.8 Å². The molecule has 1 heterocycles. The number of ether oxygens (including phenoxy) is 1. The molecule has 0 saturated carbocycles. The van der Waals surface area contributed by atoms with Crippen LogP contribution in [0.4, 0.5) is 5.69 Å². The summed E-state index contributed by atoms with van der Waals surface area (Å²) in [6, 6.07) is 4.07. The van der Waals surface area contributed by atoms with Crippen LogP contribution in [0.15, 0.2) is 28.5 Å². The van der Waals surface area contributed by atoms with Crippen LogP contribution in [0.25, 0.3) is 0 Å². The maximum Gasteiger partial charge on any atom is 0.312 e. The van der Waals surface area contributed by atoms with Gasteiger partial charge in [-0.15, -0.1) is 11.3 Å². The molecule has 164 valence electrons. The lowest BCUT2D eigenvalue weighted by molar-refractivity contribution is -0.152. The summed E-state index contributed by atoms with van der Waals surface area (Å²) in [6.45, 7) is 7.35. The Bertz CT molecular complexity index is 1020. The third-order valence-electron chi connectivity index (χ3n) is 4.21. The van der Waals surface area contributed by atoms with E-state index in [0.29, 0.717) is 18.8 Å². The van der Waals surface area contributed by atoms with E-state index >= 15 is 0 Å². The van der Waals surface area contributed by atoms with E-state index in [1.165, 1.54) is 40.8 Å². The summed E-state index contributed by atoms with van der Waals surface area (Å²) in [5.41, 5.74) is 0.695. The number of hydrogen-bond acceptors (Lipinski definition) is 7. The number of carbonyl (C=O) groups excluding carboxylic acids is 2. The zero-order valence-corrected chi connectivity index (χ0v) is 19.5. The van der Waals surface area contributed by atoms with Crippen LogP contribution in [0.5, 0.6) is 0 Å². The number of hydrogen-bond donors (Lipinski definition) is 1. The molecule has 1 amide bonds. The van der Waals surface area contributed by atoms with E-state index in [1.807, 2.05) is 6.92 Å². The van der Waals surface area contributed by atoms with Crippen LogP contribution < -0.4 is 5.32 Å². The quantitative estimate of drug-likeness (QED) is 0.560. The van der Waals surface area contributed by atoms with Gasteiger partial charge in [0.25, 0.3) is 5.91 Å². The molecular formula is C19H24ClN3O5S2. The van der Waals surface area contributed by atoms with Crippen LogP contribution >= 0.6 is 22.9 Å². The van der Waals surface area contributed by atoms with Crippen molar-refractivity contribution in [1.82, 2.24) is 9.29 Å². The zero-order valence-electron chi connectivity index (χ0n) is 17.1. The van der Waals surface area contributed by atoms with Crippen LogP contribution in [0, 0.1) is 6.92 Å². The lowest BCUT2D eigenvalue weighted by atomic mass is 10.3. The molecule has 11 heteroatoms. The Morgan fingerprint density at radius 1 is 1.30 bits per heavy atom. The number of esters is 1. The monoisotopic (exact) mass is 473 g/mol. The number of aryl methyl sites for hydroxylation is 1. The summed E-state index contributed by atoms with van der Waals surface area (Å²) >= 11 is 7.54. The Balaban J connectivity index is 2.09. The molecule has 0 aliphatic heterocycles. The smallest absolute Gasteiger partial charge is 0.312 e. The third-order valence-corrected chi connectivity index (χ3v) is 7.41. The zero-order chi connectivity index (χ0) is 22.5. The molecule has 0 aliphatic rings. The van der Waals surface area contributed by atoms with Gasteiger partial charge in [0.2, 0.25) is 10.0 Å². The van der Waals surface area contributed by atoms with Crippen molar-refractivity contribution in [1.29, 1.82) is 0 Å². The first-order chi connectivity index (χ1) is 14.1. The fourth-order valence-electron chi connectivity index (χ4n) is 2.64. The Hall–Kier alpha value is -2.01. The second-order valence-corrected chi connectivity index (χ2v) is 9.79. The van der Waals surface area contributed by atoms with Crippen LogP contribution in [0.3, 0.4) is 0 Å². The average Bonchev–Trinajstić information content (AvgIpc) is 3.08. The number of benzene rings is 1. The van der Waals surface area contributed by atoms with Gasteiger partial charge in [0.15, 0.2) is 6.10 Å². The molecule has 1 N–H and O–H groups in total. The highest BCUT2D eigenvalue weighted by Gasteiger charge is 2.24. The number of amides is 1. The Morgan fingerprint density at radius 3 is 2.53 bits per heavy atom. The summed E-state index contributed by atoms with van der Waals surface area (Å²) in [5.74, 6) is -1.22. The number of nitrogens with zero attached hydrogens (tertiary/aromatic N) is 2. The first-order valence-electron chi connectivity index (χ1n) is 9.29. The van der Waals surface area contributed by atoms with Gasteiger partial charge in [-0.2, -0.15) is 4.31 Å². The summed E-state index contributed by atoms with van der Waals surface area (Å²) < 4.78 is 31.8. The van der Waals surface area contributed by atoms with E-state index in [-0.39, 0.29) is 22.0 Å². The fraction of sp³-hybridized carbons (Fsp3) is 0.421. The van der Waals surface area contributed by atoms with E-state index < -0.39 is 28.0 Å². The number of carbonyl (C=O) groups is 2. The number of nitrogens with one attached hydrogen (secondary N) is 1. The maximum atomic E-state index is 12.7. The predicted octanol–water partition coefficient (Wildman–Crippen LogP) is 3.25. The Labute approximate surface area is 185 Å². The molecule has 0 aliphatic carbocycles. The van der Waals surface area contributed by atoms with Crippen LogP contribution in [-0.2, 0) is 30.8 Å². The van der Waals surface area contributed by atoms with Crippen molar-refractivity contribution in [3.05, 3.63) is 39.3 Å². The average molecular weight is 474 g/mol. The highest BCUT2D eigenvalue weighted by Crippen LogP contribution is 2.27. The number of aromatic nitrogens is 1. The van der Waals surface area contributed by atoms with E-state index in [9.17, 15) is 18.0 Å². The topological polar surface area (TPSA) is 106 Å². The van der Waals surface area contributed by atoms with Gasteiger partial charge in [0.05, 0.1) is 32.7 Å². The van der Waals surface area contributed by atoms with Crippen molar-refractivity contribution in [2.45, 2.75) is 45.1 Å². The summed E-state index contributed by atoms with van der Waals surface area (Å²) in [4.78, 5) is 28.7. The minimum absolute atomic E-state index is 0.00875. The maximum absolute atomic E-state index is 12.7. The van der Waals surface area contributed by atoms with Gasteiger partial charge in [0, 0.05) is 18.5 Å². The number of anilines is 1. The van der Waals surface area contributed by atoms with Gasteiger partial charge in [-0.3, -0.25) is 9.59 Å². The molecule has 0 spiro atoms. The SMILES string of the molecule is CCN(CC)S(=O)(=O)c1ccc(Cl)c(NC(=O)C(C)OC(=O)Cc2csc(C)n2)c1. The predicted molar refractivity (Wildman–Crippen MR) is 116 cm³/mol. The third kappa shape index (κ3) is 6.00.